The minimum absolute atomic E-state index is 0.146. The molecule has 0 amide bonds. The summed E-state index contributed by atoms with van der Waals surface area (Å²) >= 11 is 1.91. The minimum atomic E-state index is -1.55. The van der Waals surface area contributed by atoms with E-state index in [1.807, 2.05) is 22.6 Å². The largest absolute Gasteiger partial charge is 0.463 e. The molecule has 5 rings (SSSR count). The fourth-order valence-electron chi connectivity index (χ4n) is 6.09. The molecular formula is C40H41IO16. The molecule has 2 aliphatic heterocycles. The van der Waals surface area contributed by atoms with Gasteiger partial charge in [-0.1, -0.05) is 77.2 Å². The summed E-state index contributed by atoms with van der Waals surface area (Å²) < 4.78 is 57.7. The summed E-state index contributed by atoms with van der Waals surface area (Å²) in [4.78, 5) is 77.0. The Morgan fingerprint density at radius 3 is 1.37 bits per heavy atom. The zero-order valence-electron chi connectivity index (χ0n) is 31.3. The summed E-state index contributed by atoms with van der Waals surface area (Å²) in [6, 6.07) is 24.0. The molecule has 2 heterocycles. The lowest BCUT2D eigenvalue weighted by Gasteiger charge is -2.45. The fourth-order valence-corrected chi connectivity index (χ4v) is 7.02. The summed E-state index contributed by atoms with van der Waals surface area (Å²) in [6.07, 6.45) is -12.0. The number of rotatable bonds is 14. The lowest BCUT2D eigenvalue weighted by Crippen LogP contribution is -2.64. The molecule has 0 aliphatic carbocycles. The maximum atomic E-state index is 13.7. The van der Waals surface area contributed by atoms with Gasteiger partial charge in [0.15, 0.2) is 43.1 Å². The number of carbonyl (C=O) groups excluding carboxylic acids is 6. The van der Waals surface area contributed by atoms with E-state index in [-0.39, 0.29) is 16.7 Å². The molecule has 2 aliphatic rings. The van der Waals surface area contributed by atoms with Crippen molar-refractivity contribution in [2.45, 2.75) is 80.0 Å². The van der Waals surface area contributed by atoms with Gasteiger partial charge >= 0.3 is 35.8 Å². The highest BCUT2D eigenvalue weighted by Gasteiger charge is 2.55. The van der Waals surface area contributed by atoms with Crippen molar-refractivity contribution in [3.63, 3.8) is 0 Å². The normalized spacial score (nSPS) is 26.9. The summed E-state index contributed by atoms with van der Waals surface area (Å²) in [6.45, 7) is 2.65. The smallest absolute Gasteiger partial charge is 0.338 e. The molecule has 0 N–H and O–H groups in total. The molecule has 2 fully saturated rings. The van der Waals surface area contributed by atoms with Crippen LogP contribution in [0.5, 0.6) is 0 Å². The van der Waals surface area contributed by atoms with Crippen molar-refractivity contribution in [2.24, 2.45) is 0 Å². The Labute approximate surface area is 341 Å². The Morgan fingerprint density at radius 1 is 0.509 bits per heavy atom. The molecule has 0 saturated carbocycles. The van der Waals surface area contributed by atoms with Crippen molar-refractivity contribution in [2.75, 3.05) is 20.3 Å². The van der Waals surface area contributed by atoms with Crippen molar-refractivity contribution in [3.05, 3.63) is 108 Å². The highest BCUT2D eigenvalue weighted by molar-refractivity contribution is 14.1. The van der Waals surface area contributed by atoms with E-state index in [1.165, 1.54) is 57.4 Å². The van der Waals surface area contributed by atoms with Crippen LogP contribution in [0.15, 0.2) is 91.0 Å². The van der Waals surface area contributed by atoms with Crippen LogP contribution in [0.1, 0.15) is 51.8 Å². The minimum Gasteiger partial charge on any atom is -0.463 e. The third kappa shape index (κ3) is 11.6. The van der Waals surface area contributed by atoms with Gasteiger partial charge in [0.1, 0.15) is 22.7 Å². The first-order valence-corrected chi connectivity index (χ1v) is 19.0. The Hall–Kier alpha value is -4.95. The number of ether oxygens (including phenoxy) is 10. The van der Waals surface area contributed by atoms with Crippen LogP contribution < -0.4 is 0 Å². The maximum absolute atomic E-state index is 13.7. The summed E-state index contributed by atoms with van der Waals surface area (Å²) in [7, 11) is 1.28. The molecule has 0 spiro atoms. The van der Waals surface area contributed by atoms with Crippen molar-refractivity contribution >= 4 is 58.4 Å². The summed E-state index contributed by atoms with van der Waals surface area (Å²) in [5.41, 5.74) is 0.464. The maximum Gasteiger partial charge on any atom is 0.338 e. The number of halogens is 1. The SMILES string of the molecule is CO[C@H]1O[C@H](CO[C@H]2O[C@H](COC(C)=O)[C@H](OC(C)=O)[C@H](OC(C)=O)[C@@H]2I)[C@@H](OC(=O)c2ccccc2)[C@H](OC(=O)c2ccccc2)[C@H]1OC(=O)c1ccccc1. The molecule has 304 valence electrons. The lowest BCUT2D eigenvalue weighted by atomic mass is 9.97. The predicted octanol–water partition coefficient (Wildman–Crippen LogP) is 4.01. The van der Waals surface area contributed by atoms with E-state index in [9.17, 15) is 28.8 Å². The summed E-state index contributed by atoms with van der Waals surface area (Å²) in [5.74, 6) is -4.54. The Kier molecular flexibility index (Phi) is 15.5. The number of hydrogen-bond acceptors (Lipinski definition) is 16. The second-order valence-electron chi connectivity index (χ2n) is 12.8. The highest BCUT2D eigenvalue weighted by atomic mass is 127. The second-order valence-corrected chi connectivity index (χ2v) is 14.2. The molecule has 3 aromatic rings. The zero-order valence-corrected chi connectivity index (χ0v) is 33.4. The van der Waals surface area contributed by atoms with Crippen molar-refractivity contribution in [1.82, 2.24) is 0 Å². The van der Waals surface area contributed by atoms with Crippen LogP contribution in [0, 0.1) is 0 Å². The third-order valence-electron chi connectivity index (χ3n) is 8.63. The number of benzene rings is 3. The van der Waals surface area contributed by atoms with Gasteiger partial charge < -0.3 is 47.4 Å². The Morgan fingerprint density at radius 2 is 0.912 bits per heavy atom. The van der Waals surface area contributed by atoms with Crippen LogP contribution >= 0.6 is 22.6 Å². The van der Waals surface area contributed by atoms with Gasteiger partial charge in [-0.05, 0) is 36.4 Å². The zero-order chi connectivity index (χ0) is 41.1. The number of esters is 6. The topological polar surface area (TPSA) is 195 Å². The van der Waals surface area contributed by atoms with E-state index >= 15 is 0 Å². The van der Waals surface area contributed by atoms with Gasteiger partial charge in [-0.3, -0.25) is 14.4 Å². The molecule has 0 radical (unpaired) electrons. The quantitative estimate of drug-likeness (QED) is 0.0974. The van der Waals surface area contributed by atoms with Gasteiger partial charge in [0.25, 0.3) is 0 Å². The second kappa shape index (κ2) is 20.5. The average Bonchev–Trinajstić information content (AvgIpc) is 3.20. The van der Waals surface area contributed by atoms with Crippen LogP contribution in [-0.4, -0.2) is 115 Å². The fraction of sp³-hybridized carbons (Fsp3) is 0.400. The van der Waals surface area contributed by atoms with E-state index in [2.05, 4.69) is 0 Å². The van der Waals surface area contributed by atoms with Gasteiger partial charge in [0.2, 0.25) is 0 Å². The first kappa shape index (κ1) is 43.2. The van der Waals surface area contributed by atoms with Crippen LogP contribution in [0.25, 0.3) is 0 Å². The predicted molar refractivity (Wildman–Crippen MR) is 203 cm³/mol. The van der Waals surface area contributed by atoms with E-state index in [0.717, 1.165) is 6.92 Å². The van der Waals surface area contributed by atoms with E-state index in [4.69, 9.17) is 47.4 Å². The number of alkyl halides is 1. The van der Waals surface area contributed by atoms with E-state index in [1.54, 1.807) is 54.6 Å². The molecule has 3 aromatic carbocycles. The number of hydrogen-bond donors (Lipinski definition) is 0. The molecule has 0 aromatic heterocycles. The van der Waals surface area contributed by atoms with Crippen LogP contribution in [0.3, 0.4) is 0 Å². The molecule has 0 unspecified atom stereocenters. The summed E-state index contributed by atoms with van der Waals surface area (Å²) in [5, 5.41) is 0. The molecule has 17 heteroatoms. The van der Waals surface area contributed by atoms with Gasteiger partial charge in [0, 0.05) is 27.9 Å². The van der Waals surface area contributed by atoms with Gasteiger partial charge in [-0.25, -0.2) is 14.4 Å². The molecule has 10 atom stereocenters. The number of methoxy groups -OCH3 is 1. The van der Waals surface area contributed by atoms with Crippen LogP contribution in [0.2, 0.25) is 0 Å². The van der Waals surface area contributed by atoms with E-state index in [0.29, 0.717) is 0 Å². The first-order valence-electron chi connectivity index (χ1n) is 17.7. The highest BCUT2D eigenvalue weighted by Crippen LogP contribution is 2.35. The lowest BCUT2D eigenvalue weighted by molar-refractivity contribution is -0.309. The van der Waals surface area contributed by atoms with Gasteiger partial charge in [0.05, 0.1) is 23.3 Å². The molecule has 2 saturated heterocycles. The standard InChI is InChI=1S/C40H41IO16/c1-22(42)49-20-28-31(51-23(2)43)33(52-24(3)44)30(41)39(53-28)50-21-29-32(55-36(45)25-14-8-5-9-15-25)34(56-37(46)26-16-10-6-11-17-26)35(40(48-4)54-29)57-38(47)27-18-12-7-13-19-27/h5-19,28-35,39-40H,20-21H2,1-4H3/t28-,29-,30+,31+,32-,33-,34+,35-,39+,40+/m1/s1. The van der Waals surface area contributed by atoms with Crippen molar-refractivity contribution < 1.29 is 76.1 Å². The van der Waals surface area contributed by atoms with E-state index < -0.39 is 108 Å². The Balaban J connectivity index is 1.51. The average molecular weight is 905 g/mol. The molecule has 16 nitrogen and oxygen atoms in total. The third-order valence-corrected chi connectivity index (χ3v) is 9.93. The Bertz CT molecular complexity index is 1840. The first-order chi connectivity index (χ1) is 27.4. The van der Waals surface area contributed by atoms with Gasteiger partial charge in [-0.2, -0.15) is 0 Å². The van der Waals surface area contributed by atoms with Crippen molar-refractivity contribution in [3.8, 4) is 0 Å². The van der Waals surface area contributed by atoms with Gasteiger partial charge in [-0.15, -0.1) is 0 Å². The van der Waals surface area contributed by atoms with Crippen LogP contribution in [-0.2, 0) is 61.8 Å². The molecule has 57 heavy (non-hydrogen) atoms. The molecular weight excluding hydrogens is 863 g/mol. The van der Waals surface area contributed by atoms with Crippen molar-refractivity contribution in [1.29, 1.82) is 0 Å². The molecule has 0 bridgehead atoms. The number of carbonyl (C=O) groups is 6. The monoisotopic (exact) mass is 904 g/mol. The van der Waals surface area contributed by atoms with Crippen LogP contribution in [0.4, 0.5) is 0 Å².